The van der Waals surface area contributed by atoms with Crippen LogP contribution >= 0.6 is 0 Å². The molecule has 1 aliphatic heterocycles. The Balaban J connectivity index is 1.26. The summed E-state index contributed by atoms with van der Waals surface area (Å²) in [4.78, 5) is 21.9. The van der Waals surface area contributed by atoms with Gasteiger partial charge in [0.15, 0.2) is 0 Å². The highest BCUT2D eigenvalue weighted by atomic mass is 16.5. The molecule has 4 rings (SSSR count). The molecule has 32 heavy (non-hydrogen) atoms. The van der Waals surface area contributed by atoms with Gasteiger partial charge in [0, 0.05) is 49.3 Å². The molecule has 0 aliphatic carbocycles. The summed E-state index contributed by atoms with van der Waals surface area (Å²) in [6.07, 6.45) is 7.52. The first-order valence-corrected chi connectivity index (χ1v) is 11.0. The summed E-state index contributed by atoms with van der Waals surface area (Å²) in [7, 11) is 1.66. The molecule has 2 N–H and O–H groups in total. The van der Waals surface area contributed by atoms with E-state index < -0.39 is 0 Å². The van der Waals surface area contributed by atoms with Gasteiger partial charge >= 0.3 is 0 Å². The fourth-order valence-corrected chi connectivity index (χ4v) is 3.92. The topological polar surface area (TPSA) is 79.4 Å². The summed E-state index contributed by atoms with van der Waals surface area (Å²) >= 11 is 0. The van der Waals surface area contributed by atoms with Crippen molar-refractivity contribution in [2.75, 3.05) is 32.1 Å². The molecular weight excluding hydrogens is 402 g/mol. The molecule has 0 radical (unpaired) electrons. The van der Waals surface area contributed by atoms with Crippen LogP contribution in [0.5, 0.6) is 5.75 Å². The van der Waals surface area contributed by atoms with Crippen molar-refractivity contribution in [2.45, 2.75) is 25.3 Å². The third kappa shape index (κ3) is 5.82. The van der Waals surface area contributed by atoms with Gasteiger partial charge in [-0.2, -0.15) is 0 Å². The molecule has 0 bridgehead atoms. The second-order valence-electron chi connectivity index (χ2n) is 8.00. The minimum atomic E-state index is 0.335. The van der Waals surface area contributed by atoms with Crippen LogP contribution in [0.1, 0.15) is 18.4 Å². The molecule has 1 amide bonds. The third-order valence-corrected chi connectivity index (χ3v) is 5.89. The second kappa shape index (κ2) is 10.7. The van der Waals surface area contributed by atoms with Crippen molar-refractivity contribution < 1.29 is 9.53 Å². The lowest BCUT2D eigenvalue weighted by molar-refractivity contribution is -0.110. The van der Waals surface area contributed by atoms with Gasteiger partial charge in [0.1, 0.15) is 5.75 Å². The third-order valence-electron chi connectivity index (χ3n) is 5.89. The smallest absolute Gasteiger partial charge is 0.227 e. The Morgan fingerprint density at radius 3 is 2.31 bits per heavy atom. The zero-order valence-corrected chi connectivity index (χ0v) is 18.3. The van der Waals surface area contributed by atoms with E-state index in [0.717, 1.165) is 67.9 Å². The van der Waals surface area contributed by atoms with Gasteiger partial charge in [-0.1, -0.05) is 24.3 Å². The Morgan fingerprint density at radius 1 is 1.00 bits per heavy atom. The molecule has 0 spiro atoms. The molecule has 2 heterocycles. The van der Waals surface area contributed by atoms with Gasteiger partial charge in [0.2, 0.25) is 12.4 Å². The molecule has 0 atom stereocenters. The van der Waals surface area contributed by atoms with Gasteiger partial charge in [0.05, 0.1) is 7.11 Å². The molecule has 7 heteroatoms. The predicted octanol–water partition coefficient (Wildman–Crippen LogP) is 3.65. The van der Waals surface area contributed by atoms with E-state index in [2.05, 4.69) is 49.8 Å². The monoisotopic (exact) mass is 431 g/mol. The molecule has 166 valence electrons. The van der Waals surface area contributed by atoms with Crippen LogP contribution in [0.4, 0.5) is 11.6 Å². The lowest BCUT2D eigenvalue weighted by Gasteiger charge is -2.31. The van der Waals surface area contributed by atoms with Gasteiger partial charge in [-0.25, -0.2) is 9.97 Å². The molecule has 0 unspecified atom stereocenters. The molecular formula is C25H29N5O2. The van der Waals surface area contributed by atoms with Gasteiger partial charge in [-0.15, -0.1) is 0 Å². The molecule has 1 fully saturated rings. The highest BCUT2D eigenvalue weighted by Crippen LogP contribution is 2.22. The van der Waals surface area contributed by atoms with Crippen LogP contribution < -0.4 is 15.4 Å². The van der Waals surface area contributed by atoms with Gasteiger partial charge in [-0.3, -0.25) is 4.79 Å². The molecule has 3 aromatic rings. The SMILES string of the molecule is COc1ccc(-c2cnc(Nc3ccc(CCN4CCC(NC=O)CC4)cc3)nc2)cc1. The lowest BCUT2D eigenvalue weighted by atomic mass is 10.0. The minimum Gasteiger partial charge on any atom is -0.497 e. The molecule has 2 aromatic carbocycles. The van der Waals surface area contributed by atoms with Crippen LogP contribution in [-0.2, 0) is 11.2 Å². The van der Waals surface area contributed by atoms with Crippen molar-refractivity contribution in [2.24, 2.45) is 0 Å². The summed E-state index contributed by atoms with van der Waals surface area (Å²) < 4.78 is 5.20. The Hall–Kier alpha value is -3.45. The molecule has 0 saturated carbocycles. The average molecular weight is 432 g/mol. The Kier molecular flexibility index (Phi) is 7.30. The molecule has 1 aromatic heterocycles. The Labute approximate surface area is 188 Å². The highest BCUT2D eigenvalue weighted by molar-refractivity contribution is 5.63. The van der Waals surface area contributed by atoms with E-state index in [1.165, 1.54) is 5.56 Å². The van der Waals surface area contributed by atoms with Crippen LogP contribution in [0.2, 0.25) is 0 Å². The minimum absolute atomic E-state index is 0.335. The van der Waals surface area contributed by atoms with Crippen molar-refractivity contribution in [1.29, 1.82) is 0 Å². The number of nitrogens with one attached hydrogen (secondary N) is 2. The van der Waals surface area contributed by atoms with Crippen molar-refractivity contribution in [3.05, 3.63) is 66.5 Å². The van der Waals surface area contributed by atoms with E-state index in [1.807, 2.05) is 36.7 Å². The fourth-order valence-electron chi connectivity index (χ4n) is 3.92. The Morgan fingerprint density at radius 2 is 1.69 bits per heavy atom. The standard InChI is InChI=1S/C25H29N5O2/c1-32-24-8-4-20(5-9-24)21-16-26-25(27-17-21)29-23-6-2-19(3-7-23)10-13-30-14-11-22(12-15-30)28-18-31/h2-9,16-18,22H,10-15H2,1H3,(H,28,31)(H,26,27,29). The number of amides is 1. The number of piperidine rings is 1. The first kappa shape index (κ1) is 21.8. The summed E-state index contributed by atoms with van der Waals surface area (Å²) in [5.74, 6) is 1.40. The van der Waals surface area contributed by atoms with Crippen LogP contribution in [0.25, 0.3) is 11.1 Å². The predicted molar refractivity (Wildman–Crippen MR) is 126 cm³/mol. The first-order chi connectivity index (χ1) is 15.7. The number of carbonyl (C=O) groups is 1. The van der Waals surface area contributed by atoms with Crippen molar-refractivity contribution in [1.82, 2.24) is 20.2 Å². The van der Waals surface area contributed by atoms with E-state index in [0.29, 0.717) is 12.0 Å². The van der Waals surface area contributed by atoms with Crippen LogP contribution in [0, 0.1) is 0 Å². The first-order valence-electron chi connectivity index (χ1n) is 11.0. The number of carbonyl (C=O) groups excluding carboxylic acids is 1. The Bertz CT molecular complexity index is 982. The number of rotatable bonds is 9. The molecule has 7 nitrogen and oxygen atoms in total. The number of hydrogen-bond donors (Lipinski definition) is 2. The van der Waals surface area contributed by atoms with Gasteiger partial charge in [-0.05, 0) is 54.7 Å². The number of methoxy groups -OCH3 is 1. The number of ether oxygens (including phenoxy) is 1. The van der Waals surface area contributed by atoms with Gasteiger partial charge < -0.3 is 20.3 Å². The van der Waals surface area contributed by atoms with Gasteiger partial charge in [0.25, 0.3) is 0 Å². The molecule has 1 saturated heterocycles. The van der Waals surface area contributed by atoms with Crippen LogP contribution in [0.3, 0.4) is 0 Å². The highest BCUT2D eigenvalue weighted by Gasteiger charge is 2.17. The summed E-state index contributed by atoms with van der Waals surface area (Å²) in [6.45, 7) is 3.11. The number of likely N-dealkylation sites (tertiary alicyclic amines) is 1. The molecule has 1 aliphatic rings. The van der Waals surface area contributed by atoms with Crippen molar-refractivity contribution >= 4 is 18.0 Å². The van der Waals surface area contributed by atoms with Crippen LogP contribution in [0.15, 0.2) is 60.9 Å². The number of anilines is 2. The lowest BCUT2D eigenvalue weighted by Crippen LogP contribution is -2.42. The fraction of sp³-hybridized carbons (Fsp3) is 0.320. The van der Waals surface area contributed by atoms with E-state index in [-0.39, 0.29) is 0 Å². The second-order valence-corrected chi connectivity index (χ2v) is 8.00. The van der Waals surface area contributed by atoms with Crippen LogP contribution in [-0.4, -0.2) is 54.1 Å². The largest absolute Gasteiger partial charge is 0.497 e. The summed E-state index contributed by atoms with van der Waals surface area (Å²) in [5.41, 5.74) is 4.27. The number of aromatic nitrogens is 2. The summed E-state index contributed by atoms with van der Waals surface area (Å²) in [5, 5.41) is 6.15. The number of hydrogen-bond acceptors (Lipinski definition) is 6. The van der Waals surface area contributed by atoms with E-state index in [9.17, 15) is 4.79 Å². The number of benzene rings is 2. The normalized spacial score (nSPS) is 14.7. The average Bonchev–Trinajstić information content (AvgIpc) is 2.85. The van der Waals surface area contributed by atoms with E-state index in [1.54, 1.807) is 7.11 Å². The summed E-state index contributed by atoms with van der Waals surface area (Å²) in [6, 6.07) is 16.6. The maximum atomic E-state index is 10.6. The maximum absolute atomic E-state index is 10.6. The van der Waals surface area contributed by atoms with Crippen molar-refractivity contribution in [3.8, 4) is 16.9 Å². The zero-order valence-electron chi connectivity index (χ0n) is 18.3. The zero-order chi connectivity index (χ0) is 22.2. The van der Waals surface area contributed by atoms with E-state index in [4.69, 9.17) is 4.74 Å². The quantitative estimate of drug-likeness (QED) is 0.504. The van der Waals surface area contributed by atoms with E-state index >= 15 is 0 Å². The van der Waals surface area contributed by atoms with Crippen molar-refractivity contribution in [3.63, 3.8) is 0 Å². The number of nitrogens with zero attached hydrogens (tertiary/aromatic N) is 3. The maximum Gasteiger partial charge on any atom is 0.227 e.